The second kappa shape index (κ2) is 5.75. The summed E-state index contributed by atoms with van der Waals surface area (Å²) in [6.45, 7) is 0.759. The molecular formula is C15H17BrN2O3. The van der Waals surface area contributed by atoms with Crippen molar-refractivity contribution in [2.75, 3.05) is 6.54 Å². The molecule has 1 aromatic rings. The molecule has 5 nitrogen and oxygen atoms in total. The van der Waals surface area contributed by atoms with Crippen LogP contribution in [0.25, 0.3) is 0 Å². The van der Waals surface area contributed by atoms with Crippen LogP contribution in [0.5, 0.6) is 0 Å². The quantitative estimate of drug-likeness (QED) is 0.601. The molecule has 0 N–H and O–H groups in total. The predicted octanol–water partition coefficient (Wildman–Crippen LogP) is 3.76. The second-order valence-corrected chi connectivity index (χ2v) is 6.67. The number of hydrogen-bond acceptors (Lipinski definition) is 3. The Hall–Kier alpha value is -1.43. The van der Waals surface area contributed by atoms with Crippen molar-refractivity contribution in [3.63, 3.8) is 0 Å². The first-order valence-electron chi connectivity index (χ1n) is 7.33. The van der Waals surface area contributed by atoms with Gasteiger partial charge in [-0.2, -0.15) is 0 Å². The summed E-state index contributed by atoms with van der Waals surface area (Å²) in [7, 11) is 0. The Kier molecular flexibility index (Phi) is 3.97. The smallest absolute Gasteiger partial charge is 0.270 e. The van der Waals surface area contributed by atoms with E-state index in [1.807, 2.05) is 4.90 Å². The summed E-state index contributed by atoms with van der Waals surface area (Å²) in [5.74, 6) is 0.530. The number of rotatable bonds is 2. The highest BCUT2D eigenvalue weighted by Gasteiger charge is 2.38. The van der Waals surface area contributed by atoms with E-state index in [0.29, 0.717) is 22.0 Å². The zero-order valence-electron chi connectivity index (χ0n) is 11.6. The normalized spacial score (nSPS) is 24.7. The van der Waals surface area contributed by atoms with Gasteiger partial charge in [-0.3, -0.25) is 14.9 Å². The molecule has 1 aliphatic heterocycles. The lowest BCUT2D eigenvalue weighted by molar-refractivity contribution is -0.384. The average molecular weight is 353 g/mol. The lowest BCUT2D eigenvalue weighted by Gasteiger charge is -2.38. The average Bonchev–Trinajstić information content (AvgIpc) is 2.95. The summed E-state index contributed by atoms with van der Waals surface area (Å²) in [5, 5.41) is 10.9. The van der Waals surface area contributed by atoms with Crippen LogP contribution in [0.4, 0.5) is 5.69 Å². The third-order valence-corrected chi connectivity index (χ3v) is 5.34. The number of nitro benzene ring substituents is 1. The molecule has 1 aromatic carbocycles. The SMILES string of the molecule is O=C(c1cc([N+](=O)[O-])ccc1Br)N1CCCC2CCCC21. The highest BCUT2D eigenvalue weighted by Crippen LogP contribution is 2.38. The van der Waals surface area contributed by atoms with Crippen molar-refractivity contribution >= 4 is 27.5 Å². The van der Waals surface area contributed by atoms with Crippen molar-refractivity contribution in [2.45, 2.75) is 38.1 Å². The van der Waals surface area contributed by atoms with Gasteiger partial charge in [0.1, 0.15) is 0 Å². The van der Waals surface area contributed by atoms with Gasteiger partial charge in [-0.1, -0.05) is 6.42 Å². The highest BCUT2D eigenvalue weighted by atomic mass is 79.9. The molecule has 1 saturated carbocycles. The molecular weight excluding hydrogens is 336 g/mol. The van der Waals surface area contributed by atoms with Crippen LogP contribution in [0.3, 0.4) is 0 Å². The van der Waals surface area contributed by atoms with E-state index in [-0.39, 0.29) is 11.6 Å². The van der Waals surface area contributed by atoms with Gasteiger partial charge in [0, 0.05) is 29.2 Å². The number of amides is 1. The van der Waals surface area contributed by atoms with Crippen LogP contribution in [-0.2, 0) is 0 Å². The molecule has 1 aliphatic carbocycles. The molecule has 0 bridgehead atoms. The Bertz CT molecular complexity index is 590. The van der Waals surface area contributed by atoms with E-state index in [0.717, 1.165) is 19.4 Å². The monoisotopic (exact) mass is 352 g/mol. The number of benzene rings is 1. The van der Waals surface area contributed by atoms with Crippen molar-refractivity contribution in [3.05, 3.63) is 38.3 Å². The van der Waals surface area contributed by atoms with E-state index in [9.17, 15) is 14.9 Å². The number of carbonyl (C=O) groups is 1. The molecule has 6 heteroatoms. The fraction of sp³-hybridized carbons (Fsp3) is 0.533. The topological polar surface area (TPSA) is 63.4 Å². The highest BCUT2D eigenvalue weighted by molar-refractivity contribution is 9.10. The van der Waals surface area contributed by atoms with E-state index in [4.69, 9.17) is 0 Å². The first kappa shape index (κ1) is 14.5. The van der Waals surface area contributed by atoms with Crippen LogP contribution >= 0.6 is 15.9 Å². The maximum absolute atomic E-state index is 12.8. The maximum atomic E-state index is 12.8. The van der Waals surface area contributed by atoms with Gasteiger partial charge >= 0.3 is 0 Å². The van der Waals surface area contributed by atoms with Crippen LogP contribution in [-0.4, -0.2) is 28.3 Å². The molecule has 1 amide bonds. The summed E-state index contributed by atoms with van der Waals surface area (Å²) >= 11 is 3.35. The third kappa shape index (κ3) is 2.69. The lowest BCUT2D eigenvalue weighted by Crippen LogP contribution is -2.46. The molecule has 2 unspecified atom stereocenters. The van der Waals surface area contributed by atoms with Crippen LogP contribution < -0.4 is 0 Å². The van der Waals surface area contributed by atoms with E-state index in [1.165, 1.54) is 31.4 Å². The zero-order chi connectivity index (χ0) is 15.0. The van der Waals surface area contributed by atoms with Crippen LogP contribution in [0.2, 0.25) is 0 Å². The molecule has 2 fully saturated rings. The Labute approximate surface area is 131 Å². The van der Waals surface area contributed by atoms with Gasteiger partial charge in [-0.25, -0.2) is 0 Å². The number of nitro groups is 1. The second-order valence-electron chi connectivity index (χ2n) is 5.82. The van der Waals surface area contributed by atoms with E-state index < -0.39 is 4.92 Å². The van der Waals surface area contributed by atoms with E-state index in [1.54, 1.807) is 6.07 Å². The summed E-state index contributed by atoms with van der Waals surface area (Å²) in [6, 6.07) is 4.69. The molecule has 112 valence electrons. The standard InChI is InChI=1S/C15H17BrN2O3/c16-13-7-6-11(18(20)21)9-12(13)15(19)17-8-2-4-10-3-1-5-14(10)17/h6-7,9-10,14H,1-5,8H2. The molecule has 3 rings (SSSR count). The van der Waals surface area contributed by atoms with Crippen LogP contribution in [0, 0.1) is 16.0 Å². The number of likely N-dealkylation sites (tertiary alicyclic amines) is 1. The Morgan fingerprint density at radius 3 is 2.81 bits per heavy atom. The maximum Gasteiger partial charge on any atom is 0.270 e. The first-order chi connectivity index (χ1) is 10.1. The molecule has 0 radical (unpaired) electrons. The minimum atomic E-state index is -0.461. The van der Waals surface area contributed by atoms with Gasteiger partial charge in [0.15, 0.2) is 0 Å². The van der Waals surface area contributed by atoms with Gasteiger partial charge in [0.05, 0.1) is 10.5 Å². The van der Waals surface area contributed by atoms with Gasteiger partial charge in [0.25, 0.3) is 11.6 Å². The van der Waals surface area contributed by atoms with Gasteiger partial charge < -0.3 is 4.90 Å². The first-order valence-corrected chi connectivity index (χ1v) is 8.12. The van der Waals surface area contributed by atoms with Crippen molar-refractivity contribution in [2.24, 2.45) is 5.92 Å². The summed E-state index contributed by atoms with van der Waals surface area (Å²) in [5.41, 5.74) is 0.360. The number of nitrogens with zero attached hydrogens (tertiary/aromatic N) is 2. The fourth-order valence-corrected chi connectivity index (χ4v) is 4.07. The summed E-state index contributed by atoms with van der Waals surface area (Å²) in [4.78, 5) is 25.2. The Morgan fingerprint density at radius 1 is 1.29 bits per heavy atom. The zero-order valence-corrected chi connectivity index (χ0v) is 13.2. The Balaban J connectivity index is 1.90. The van der Waals surface area contributed by atoms with Gasteiger partial charge in [-0.15, -0.1) is 0 Å². The molecule has 1 saturated heterocycles. The largest absolute Gasteiger partial charge is 0.335 e. The molecule has 0 aromatic heterocycles. The van der Waals surface area contributed by atoms with Crippen molar-refractivity contribution in [1.82, 2.24) is 4.90 Å². The van der Waals surface area contributed by atoms with Gasteiger partial charge in [-0.05, 0) is 53.6 Å². The predicted molar refractivity (Wildman–Crippen MR) is 82.2 cm³/mol. The van der Waals surface area contributed by atoms with Gasteiger partial charge in [0.2, 0.25) is 0 Å². The van der Waals surface area contributed by atoms with Crippen molar-refractivity contribution in [1.29, 1.82) is 0 Å². The van der Waals surface area contributed by atoms with Crippen LogP contribution in [0.15, 0.2) is 22.7 Å². The molecule has 2 aliphatic rings. The van der Waals surface area contributed by atoms with Crippen LogP contribution in [0.1, 0.15) is 42.5 Å². The van der Waals surface area contributed by atoms with Crippen molar-refractivity contribution < 1.29 is 9.72 Å². The number of carbonyl (C=O) groups excluding carboxylic acids is 1. The summed E-state index contributed by atoms with van der Waals surface area (Å²) < 4.78 is 0.623. The minimum absolute atomic E-state index is 0.0402. The molecule has 2 atom stereocenters. The molecule has 21 heavy (non-hydrogen) atoms. The number of non-ortho nitro benzene ring substituents is 1. The van der Waals surface area contributed by atoms with Crippen molar-refractivity contribution in [3.8, 4) is 0 Å². The fourth-order valence-electron chi connectivity index (χ4n) is 3.65. The number of fused-ring (bicyclic) bond motifs is 1. The number of piperidine rings is 1. The van der Waals surface area contributed by atoms with E-state index >= 15 is 0 Å². The summed E-state index contributed by atoms with van der Waals surface area (Å²) in [6.07, 6.45) is 5.66. The number of hydrogen-bond donors (Lipinski definition) is 0. The minimum Gasteiger partial charge on any atom is -0.335 e. The Morgan fingerprint density at radius 2 is 2.05 bits per heavy atom. The third-order valence-electron chi connectivity index (χ3n) is 4.65. The molecule has 0 spiro atoms. The molecule has 1 heterocycles. The van der Waals surface area contributed by atoms with E-state index in [2.05, 4.69) is 15.9 Å². The number of halogens is 1. The lowest BCUT2D eigenvalue weighted by atomic mass is 9.91.